The number of fused-ring (bicyclic) bond motifs is 1. The molecule has 8 nitrogen and oxygen atoms in total. The summed E-state index contributed by atoms with van der Waals surface area (Å²) in [6.45, 7) is 3.00. The number of nitrogens with zero attached hydrogens (tertiary/aromatic N) is 3. The van der Waals surface area contributed by atoms with Gasteiger partial charge in [-0.15, -0.1) is 0 Å². The molecule has 0 bridgehead atoms. The zero-order chi connectivity index (χ0) is 22.0. The lowest BCUT2D eigenvalue weighted by Crippen LogP contribution is -2.47. The first-order chi connectivity index (χ1) is 14.9. The molecule has 9 heteroatoms. The quantitative estimate of drug-likeness (QED) is 0.717. The highest BCUT2D eigenvalue weighted by atomic mass is 32.2. The predicted octanol–water partition coefficient (Wildman–Crippen LogP) is 1.64. The van der Waals surface area contributed by atoms with Crippen LogP contribution < -0.4 is 9.64 Å². The van der Waals surface area contributed by atoms with Gasteiger partial charge in [-0.2, -0.15) is 4.31 Å². The third-order valence-corrected chi connectivity index (χ3v) is 7.48. The van der Waals surface area contributed by atoms with Crippen LogP contribution >= 0.6 is 0 Å². The number of rotatable bonds is 4. The fourth-order valence-corrected chi connectivity index (χ4v) is 5.28. The Hall–Kier alpha value is -2.91. The number of carbonyl (C=O) groups is 2. The van der Waals surface area contributed by atoms with Gasteiger partial charge in [-0.25, -0.2) is 8.42 Å². The Kier molecular flexibility index (Phi) is 5.97. The van der Waals surface area contributed by atoms with Crippen LogP contribution in [0.4, 0.5) is 5.69 Å². The molecule has 0 atom stereocenters. The van der Waals surface area contributed by atoms with E-state index in [2.05, 4.69) is 0 Å². The number of para-hydroxylation sites is 2. The summed E-state index contributed by atoms with van der Waals surface area (Å²) in [5.74, 6) is 0.0891. The second-order valence-corrected chi connectivity index (χ2v) is 9.63. The van der Waals surface area contributed by atoms with Crippen LogP contribution in [0.3, 0.4) is 0 Å². The number of hydrogen-bond donors (Lipinski definition) is 0. The number of carbonyl (C=O) groups excluding carboxylic acids is 2. The third kappa shape index (κ3) is 4.42. The molecule has 2 amide bonds. The number of ether oxygens (including phenoxy) is 1. The Bertz CT molecular complexity index is 1080. The van der Waals surface area contributed by atoms with Crippen molar-refractivity contribution in [3.05, 3.63) is 54.1 Å². The van der Waals surface area contributed by atoms with Gasteiger partial charge in [-0.3, -0.25) is 14.5 Å². The minimum atomic E-state index is -3.61. The molecule has 164 valence electrons. The summed E-state index contributed by atoms with van der Waals surface area (Å²) in [6, 6.07) is 13.9. The minimum Gasteiger partial charge on any atom is -0.482 e. The standard InChI is InChI=1S/C22H25N3O5S/c1-17-7-9-18(10-8-17)31(28,29)24-12-4-11-23(13-14-24)21(26)15-25-19-5-2-3-6-20(19)30-16-22(25)27/h2-3,5-10H,4,11-16H2,1H3. The maximum Gasteiger partial charge on any atom is 0.265 e. The van der Waals surface area contributed by atoms with Crippen LogP contribution in [0.2, 0.25) is 0 Å². The largest absolute Gasteiger partial charge is 0.482 e. The van der Waals surface area contributed by atoms with Crippen molar-refractivity contribution in [1.29, 1.82) is 0 Å². The summed E-state index contributed by atoms with van der Waals surface area (Å²) in [5, 5.41) is 0. The van der Waals surface area contributed by atoms with E-state index in [1.165, 1.54) is 9.21 Å². The van der Waals surface area contributed by atoms with E-state index in [-0.39, 0.29) is 43.0 Å². The molecule has 2 aliphatic rings. The fourth-order valence-electron chi connectivity index (χ4n) is 3.81. The van der Waals surface area contributed by atoms with Crippen molar-refractivity contribution in [3.8, 4) is 5.75 Å². The van der Waals surface area contributed by atoms with E-state index in [4.69, 9.17) is 4.74 Å². The summed E-state index contributed by atoms with van der Waals surface area (Å²) in [5.41, 5.74) is 1.57. The van der Waals surface area contributed by atoms with Gasteiger partial charge < -0.3 is 9.64 Å². The van der Waals surface area contributed by atoms with Crippen molar-refractivity contribution in [2.45, 2.75) is 18.2 Å². The van der Waals surface area contributed by atoms with E-state index in [1.807, 2.05) is 13.0 Å². The van der Waals surface area contributed by atoms with Crippen molar-refractivity contribution < 1.29 is 22.7 Å². The summed E-state index contributed by atoms with van der Waals surface area (Å²) < 4.78 is 32.8. The Balaban J connectivity index is 1.44. The Morgan fingerprint density at radius 2 is 1.74 bits per heavy atom. The van der Waals surface area contributed by atoms with E-state index >= 15 is 0 Å². The average molecular weight is 444 g/mol. The molecular formula is C22H25N3O5S. The summed E-state index contributed by atoms with van der Waals surface area (Å²) in [7, 11) is -3.61. The summed E-state index contributed by atoms with van der Waals surface area (Å²) in [6.07, 6.45) is 0.532. The maximum atomic E-state index is 13.0. The monoisotopic (exact) mass is 443 g/mol. The number of anilines is 1. The van der Waals surface area contributed by atoms with E-state index in [0.29, 0.717) is 30.9 Å². The van der Waals surface area contributed by atoms with Gasteiger partial charge in [0, 0.05) is 26.2 Å². The van der Waals surface area contributed by atoms with E-state index in [1.54, 1.807) is 47.4 Å². The van der Waals surface area contributed by atoms with Crippen molar-refractivity contribution in [3.63, 3.8) is 0 Å². The van der Waals surface area contributed by atoms with Gasteiger partial charge in [0.1, 0.15) is 12.3 Å². The molecule has 1 saturated heterocycles. The fraction of sp³-hybridized carbons (Fsp3) is 0.364. The molecule has 2 aromatic carbocycles. The highest BCUT2D eigenvalue weighted by Crippen LogP contribution is 2.31. The SMILES string of the molecule is Cc1ccc(S(=O)(=O)N2CCCN(C(=O)CN3C(=O)COc4ccccc43)CC2)cc1. The topological polar surface area (TPSA) is 87.2 Å². The van der Waals surface area contributed by atoms with Gasteiger partial charge in [0.2, 0.25) is 15.9 Å². The molecule has 1 fully saturated rings. The molecular weight excluding hydrogens is 418 g/mol. The number of hydrogen-bond acceptors (Lipinski definition) is 5. The maximum absolute atomic E-state index is 13.0. The second kappa shape index (κ2) is 8.68. The van der Waals surface area contributed by atoms with Gasteiger partial charge in [-0.05, 0) is 37.6 Å². The van der Waals surface area contributed by atoms with Crippen molar-refractivity contribution in [2.24, 2.45) is 0 Å². The lowest BCUT2D eigenvalue weighted by atomic mass is 10.2. The number of sulfonamides is 1. The van der Waals surface area contributed by atoms with Crippen LogP contribution in [0.1, 0.15) is 12.0 Å². The molecule has 2 aromatic rings. The molecule has 0 unspecified atom stereocenters. The predicted molar refractivity (Wildman–Crippen MR) is 115 cm³/mol. The lowest BCUT2D eigenvalue weighted by molar-refractivity contribution is -0.131. The molecule has 0 aromatic heterocycles. The number of benzene rings is 2. The molecule has 4 rings (SSSR count). The average Bonchev–Trinajstić information content (AvgIpc) is 3.03. The molecule has 2 heterocycles. The zero-order valence-electron chi connectivity index (χ0n) is 17.4. The lowest BCUT2D eigenvalue weighted by Gasteiger charge is -2.31. The van der Waals surface area contributed by atoms with E-state index in [9.17, 15) is 18.0 Å². The van der Waals surface area contributed by atoms with E-state index < -0.39 is 10.0 Å². The summed E-state index contributed by atoms with van der Waals surface area (Å²) in [4.78, 5) is 28.6. The highest BCUT2D eigenvalue weighted by molar-refractivity contribution is 7.89. The number of amides is 2. The van der Waals surface area contributed by atoms with Gasteiger partial charge in [0.25, 0.3) is 5.91 Å². The van der Waals surface area contributed by atoms with Crippen LogP contribution in [-0.2, 0) is 19.6 Å². The number of aryl methyl sites for hydroxylation is 1. The minimum absolute atomic E-state index is 0.0933. The zero-order valence-corrected chi connectivity index (χ0v) is 18.2. The molecule has 2 aliphatic heterocycles. The van der Waals surface area contributed by atoms with Crippen LogP contribution in [0, 0.1) is 6.92 Å². The molecule has 0 radical (unpaired) electrons. The molecule has 31 heavy (non-hydrogen) atoms. The first-order valence-corrected chi connectivity index (χ1v) is 11.7. The van der Waals surface area contributed by atoms with Gasteiger partial charge in [0.05, 0.1) is 10.6 Å². The second-order valence-electron chi connectivity index (χ2n) is 7.69. The van der Waals surface area contributed by atoms with Crippen LogP contribution in [-0.4, -0.2) is 68.8 Å². The highest BCUT2D eigenvalue weighted by Gasteiger charge is 2.31. The van der Waals surface area contributed by atoms with Gasteiger partial charge >= 0.3 is 0 Å². The molecule has 0 saturated carbocycles. The normalized spacial score (nSPS) is 17.6. The first-order valence-electron chi connectivity index (χ1n) is 10.2. The van der Waals surface area contributed by atoms with Gasteiger partial charge in [0.15, 0.2) is 6.61 Å². The molecule has 0 N–H and O–H groups in total. The van der Waals surface area contributed by atoms with Gasteiger partial charge in [-0.1, -0.05) is 29.8 Å². The van der Waals surface area contributed by atoms with Crippen molar-refractivity contribution in [1.82, 2.24) is 9.21 Å². The Morgan fingerprint density at radius 3 is 2.52 bits per heavy atom. The smallest absolute Gasteiger partial charge is 0.265 e. The van der Waals surface area contributed by atoms with Crippen LogP contribution in [0.15, 0.2) is 53.4 Å². The third-order valence-electron chi connectivity index (χ3n) is 5.57. The Morgan fingerprint density at radius 1 is 1.00 bits per heavy atom. The van der Waals surface area contributed by atoms with Crippen molar-refractivity contribution >= 4 is 27.5 Å². The first kappa shape index (κ1) is 21.3. The summed E-state index contributed by atoms with van der Waals surface area (Å²) >= 11 is 0. The van der Waals surface area contributed by atoms with Crippen LogP contribution in [0.5, 0.6) is 5.75 Å². The Labute approximate surface area is 182 Å². The molecule has 0 spiro atoms. The van der Waals surface area contributed by atoms with E-state index in [0.717, 1.165) is 5.56 Å². The van der Waals surface area contributed by atoms with Crippen LogP contribution in [0.25, 0.3) is 0 Å². The van der Waals surface area contributed by atoms with Crippen molar-refractivity contribution in [2.75, 3.05) is 44.2 Å². The molecule has 0 aliphatic carbocycles.